The number of ether oxygens (including phenoxy) is 2. The average Bonchev–Trinajstić information content (AvgIpc) is 2.67. The van der Waals surface area contributed by atoms with Gasteiger partial charge < -0.3 is 9.47 Å². The van der Waals surface area contributed by atoms with Gasteiger partial charge in [0.25, 0.3) is 0 Å². The first-order chi connectivity index (χ1) is 12.5. The lowest BCUT2D eigenvalue weighted by Gasteiger charge is -2.11. The molecule has 0 unspecified atom stereocenters. The summed E-state index contributed by atoms with van der Waals surface area (Å²) in [4.78, 5) is 12.4. The lowest BCUT2D eigenvalue weighted by atomic mass is 9.96. The van der Waals surface area contributed by atoms with Crippen LogP contribution in [-0.2, 0) is 9.53 Å². The lowest BCUT2D eigenvalue weighted by Crippen LogP contribution is -2.10. The largest absolute Gasteiger partial charge is 0.497 e. The molecule has 3 nitrogen and oxygen atoms in total. The van der Waals surface area contributed by atoms with Crippen LogP contribution in [0.15, 0.2) is 77.9 Å². The second kappa shape index (κ2) is 9.42. The van der Waals surface area contributed by atoms with Crippen LogP contribution in [0, 0.1) is 0 Å². The van der Waals surface area contributed by atoms with Gasteiger partial charge in [0.1, 0.15) is 5.75 Å². The van der Waals surface area contributed by atoms with Gasteiger partial charge in [-0.25, -0.2) is 4.79 Å². The van der Waals surface area contributed by atoms with E-state index in [1.807, 2.05) is 73.7 Å². The molecule has 0 heterocycles. The van der Waals surface area contributed by atoms with Crippen molar-refractivity contribution in [1.29, 1.82) is 0 Å². The molecule has 2 aromatic carbocycles. The summed E-state index contributed by atoms with van der Waals surface area (Å²) in [5, 5.41) is 0. The van der Waals surface area contributed by atoms with Crippen molar-refractivity contribution in [2.75, 3.05) is 13.7 Å². The van der Waals surface area contributed by atoms with Crippen LogP contribution in [-0.4, -0.2) is 19.7 Å². The topological polar surface area (TPSA) is 35.5 Å². The van der Waals surface area contributed by atoms with E-state index in [2.05, 4.69) is 6.58 Å². The second-order valence-electron chi connectivity index (χ2n) is 5.77. The van der Waals surface area contributed by atoms with E-state index in [1.165, 1.54) is 0 Å². The van der Waals surface area contributed by atoms with Crippen molar-refractivity contribution in [2.24, 2.45) is 0 Å². The maximum atomic E-state index is 12.4. The average molecular weight is 348 g/mol. The summed E-state index contributed by atoms with van der Waals surface area (Å²) in [5.74, 6) is 0.429. The van der Waals surface area contributed by atoms with Crippen molar-refractivity contribution in [1.82, 2.24) is 0 Å². The molecule has 0 bridgehead atoms. The van der Waals surface area contributed by atoms with Gasteiger partial charge in [0.15, 0.2) is 0 Å². The highest BCUT2D eigenvalue weighted by molar-refractivity contribution is 6.00. The van der Waals surface area contributed by atoms with Gasteiger partial charge in [0.2, 0.25) is 0 Å². The third-order valence-corrected chi connectivity index (χ3v) is 3.91. The maximum absolute atomic E-state index is 12.4. The van der Waals surface area contributed by atoms with Crippen LogP contribution in [0.3, 0.4) is 0 Å². The fourth-order valence-corrected chi connectivity index (χ4v) is 2.44. The van der Waals surface area contributed by atoms with E-state index in [-0.39, 0.29) is 5.97 Å². The monoisotopic (exact) mass is 348 g/mol. The summed E-state index contributed by atoms with van der Waals surface area (Å²) in [6.45, 7) is 8.17. The maximum Gasteiger partial charge on any atom is 0.338 e. The number of rotatable bonds is 7. The first kappa shape index (κ1) is 19.3. The van der Waals surface area contributed by atoms with E-state index in [0.717, 1.165) is 22.4 Å². The van der Waals surface area contributed by atoms with Gasteiger partial charge in [-0.3, -0.25) is 0 Å². The van der Waals surface area contributed by atoms with Crippen molar-refractivity contribution in [3.05, 3.63) is 89.0 Å². The Hall–Kier alpha value is -3.07. The van der Waals surface area contributed by atoms with Crippen LogP contribution in [0.2, 0.25) is 0 Å². The molecule has 0 saturated heterocycles. The van der Waals surface area contributed by atoms with Gasteiger partial charge in [-0.15, -0.1) is 0 Å². The number of carbonyl (C=O) groups is 1. The Morgan fingerprint density at radius 1 is 1.00 bits per heavy atom. The molecule has 0 amide bonds. The Balaban J connectivity index is 2.33. The van der Waals surface area contributed by atoms with Crippen molar-refractivity contribution >= 4 is 18.1 Å². The van der Waals surface area contributed by atoms with Crippen LogP contribution in [0.5, 0.6) is 5.75 Å². The molecule has 0 fully saturated rings. The van der Waals surface area contributed by atoms with Crippen LogP contribution >= 0.6 is 0 Å². The SMILES string of the molecule is C=C(/C(=C/c1ccccc1)C(=O)OCC)/C(C)=C/c1ccc(OC)cc1. The predicted octanol–water partition coefficient (Wildman–Crippen LogP) is 5.30. The molecule has 2 aromatic rings. The quantitative estimate of drug-likeness (QED) is 0.387. The number of hydrogen-bond donors (Lipinski definition) is 0. The van der Waals surface area contributed by atoms with E-state index >= 15 is 0 Å². The normalized spacial score (nSPS) is 11.8. The molecular weight excluding hydrogens is 324 g/mol. The van der Waals surface area contributed by atoms with Crippen molar-refractivity contribution in [3.63, 3.8) is 0 Å². The Labute approximate surface area is 155 Å². The molecule has 2 rings (SSSR count). The third-order valence-electron chi connectivity index (χ3n) is 3.91. The summed E-state index contributed by atoms with van der Waals surface area (Å²) >= 11 is 0. The van der Waals surface area contributed by atoms with Crippen LogP contribution in [0.4, 0.5) is 0 Å². The summed E-state index contributed by atoms with van der Waals surface area (Å²) in [6, 6.07) is 17.4. The molecule has 0 aliphatic heterocycles. The molecule has 0 spiro atoms. The number of benzene rings is 2. The fourth-order valence-electron chi connectivity index (χ4n) is 2.44. The molecular formula is C23H24O3. The molecule has 0 aliphatic rings. The van der Waals surface area contributed by atoms with E-state index in [4.69, 9.17) is 9.47 Å². The Morgan fingerprint density at radius 2 is 1.62 bits per heavy atom. The van der Waals surface area contributed by atoms with Gasteiger partial charge in [-0.2, -0.15) is 0 Å². The summed E-state index contributed by atoms with van der Waals surface area (Å²) in [5.41, 5.74) is 3.93. The lowest BCUT2D eigenvalue weighted by molar-refractivity contribution is -0.138. The van der Waals surface area contributed by atoms with Gasteiger partial charge in [0, 0.05) is 0 Å². The zero-order chi connectivity index (χ0) is 18.9. The first-order valence-electron chi connectivity index (χ1n) is 8.51. The van der Waals surface area contributed by atoms with Crippen LogP contribution < -0.4 is 4.74 Å². The highest BCUT2D eigenvalue weighted by Gasteiger charge is 2.15. The van der Waals surface area contributed by atoms with Gasteiger partial charge in [0.05, 0.1) is 19.3 Å². The molecule has 26 heavy (non-hydrogen) atoms. The smallest absolute Gasteiger partial charge is 0.338 e. The number of carbonyl (C=O) groups excluding carboxylic acids is 1. The van der Waals surface area contributed by atoms with E-state index in [0.29, 0.717) is 17.8 Å². The van der Waals surface area contributed by atoms with E-state index in [9.17, 15) is 4.79 Å². The Morgan fingerprint density at radius 3 is 2.19 bits per heavy atom. The minimum atomic E-state index is -0.371. The highest BCUT2D eigenvalue weighted by atomic mass is 16.5. The zero-order valence-electron chi connectivity index (χ0n) is 15.5. The van der Waals surface area contributed by atoms with Gasteiger partial charge in [-0.05, 0) is 54.3 Å². The number of methoxy groups -OCH3 is 1. The summed E-state index contributed by atoms with van der Waals surface area (Å²) in [6.07, 6.45) is 3.80. The molecule has 0 aromatic heterocycles. The molecule has 0 N–H and O–H groups in total. The third kappa shape index (κ3) is 5.21. The standard InChI is InChI=1S/C23H24O3/c1-5-26-23(24)22(16-19-9-7-6-8-10-19)18(3)17(2)15-20-11-13-21(25-4)14-12-20/h6-16H,3,5H2,1-2,4H3/b17-15+,22-16-. The van der Waals surface area contributed by atoms with Gasteiger partial charge in [-0.1, -0.05) is 55.1 Å². The summed E-state index contributed by atoms with van der Waals surface area (Å²) < 4.78 is 10.4. The van der Waals surface area contributed by atoms with Crippen LogP contribution in [0.1, 0.15) is 25.0 Å². The summed E-state index contributed by atoms with van der Waals surface area (Å²) in [7, 11) is 1.64. The van der Waals surface area contributed by atoms with Crippen LogP contribution in [0.25, 0.3) is 12.2 Å². The number of hydrogen-bond acceptors (Lipinski definition) is 3. The molecule has 0 saturated carbocycles. The van der Waals surface area contributed by atoms with E-state index < -0.39 is 0 Å². The zero-order valence-corrected chi connectivity index (χ0v) is 15.5. The van der Waals surface area contributed by atoms with Gasteiger partial charge >= 0.3 is 5.97 Å². The molecule has 0 atom stereocenters. The predicted molar refractivity (Wildman–Crippen MR) is 107 cm³/mol. The van der Waals surface area contributed by atoms with Crippen molar-refractivity contribution in [2.45, 2.75) is 13.8 Å². The number of esters is 1. The minimum Gasteiger partial charge on any atom is -0.497 e. The molecule has 134 valence electrons. The van der Waals surface area contributed by atoms with E-state index in [1.54, 1.807) is 14.0 Å². The molecule has 0 radical (unpaired) electrons. The minimum absolute atomic E-state index is 0.319. The van der Waals surface area contributed by atoms with Crippen molar-refractivity contribution in [3.8, 4) is 5.75 Å². The number of allylic oxidation sites excluding steroid dienone is 1. The Bertz CT molecular complexity index is 812. The second-order valence-corrected chi connectivity index (χ2v) is 5.77. The molecule has 3 heteroatoms. The highest BCUT2D eigenvalue weighted by Crippen LogP contribution is 2.24. The fraction of sp³-hybridized carbons (Fsp3) is 0.174. The Kier molecular flexibility index (Phi) is 6.98. The first-order valence-corrected chi connectivity index (χ1v) is 8.51. The van der Waals surface area contributed by atoms with Crippen molar-refractivity contribution < 1.29 is 14.3 Å². The molecule has 0 aliphatic carbocycles.